The summed E-state index contributed by atoms with van der Waals surface area (Å²) in [6.45, 7) is 23.5. The summed E-state index contributed by atoms with van der Waals surface area (Å²) in [4.78, 5) is 27.2. The number of allylic oxidation sites excluding steroid dienone is 3. The van der Waals surface area contributed by atoms with Gasteiger partial charge in [0.2, 0.25) is 0 Å². The number of hydrogen-bond donors (Lipinski definition) is 5. The second-order valence-corrected chi connectivity index (χ2v) is 15.1. The van der Waals surface area contributed by atoms with Crippen molar-refractivity contribution in [2.75, 3.05) is 39.4 Å². The van der Waals surface area contributed by atoms with Gasteiger partial charge in [-0.25, -0.2) is 4.79 Å². The summed E-state index contributed by atoms with van der Waals surface area (Å²) >= 11 is 0. The zero-order valence-corrected chi connectivity index (χ0v) is 32.3. The van der Waals surface area contributed by atoms with Crippen LogP contribution in [0.1, 0.15) is 74.7 Å². The van der Waals surface area contributed by atoms with Crippen molar-refractivity contribution in [2.45, 2.75) is 111 Å². The summed E-state index contributed by atoms with van der Waals surface area (Å²) < 4.78 is 16.8. The van der Waals surface area contributed by atoms with Gasteiger partial charge in [0.1, 0.15) is 12.2 Å². The van der Waals surface area contributed by atoms with E-state index in [-0.39, 0.29) is 41.9 Å². The van der Waals surface area contributed by atoms with Gasteiger partial charge in [-0.1, -0.05) is 90.2 Å². The first kappa shape index (κ1) is 44.6. The summed E-state index contributed by atoms with van der Waals surface area (Å²) in [5, 5.41) is 46.3. The number of carbonyl (C=O) groups excluding carboxylic acids is 2. The molecule has 0 aromatic heterocycles. The number of carbonyl (C=O) groups is 2. The molecule has 0 bridgehead atoms. The monoisotopic (exact) mass is 720 g/mol. The fraction of sp³-hybridized carbons (Fsp3) is 0.750. The molecule has 51 heavy (non-hydrogen) atoms. The smallest absolute Gasteiger partial charge is 0.407 e. The molecule has 1 amide bonds. The van der Waals surface area contributed by atoms with E-state index < -0.39 is 54.6 Å². The fourth-order valence-corrected chi connectivity index (χ4v) is 7.15. The van der Waals surface area contributed by atoms with Crippen molar-refractivity contribution in [2.24, 2.45) is 41.4 Å². The van der Waals surface area contributed by atoms with Crippen LogP contribution in [-0.4, -0.2) is 113 Å². The molecule has 0 aromatic rings. The molecule has 2 saturated heterocycles. The van der Waals surface area contributed by atoms with Crippen molar-refractivity contribution in [3.8, 4) is 0 Å². The molecule has 2 aliphatic rings. The van der Waals surface area contributed by atoms with E-state index in [1.807, 2.05) is 59.8 Å². The molecule has 13 atom stereocenters. The van der Waals surface area contributed by atoms with Gasteiger partial charge in [0.15, 0.2) is 0 Å². The Hall–Kier alpha value is -2.54. The molecule has 11 heteroatoms. The Kier molecular flexibility index (Phi) is 19.7. The average Bonchev–Trinajstić information content (AvgIpc) is 3.10. The first-order valence-electron chi connectivity index (χ1n) is 18.9. The maximum atomic E-state index is 12.8. The zero-order chi connectivity index (χ0) is 38.2. The number of ether oxygens (including phenoxy) is 3. The van der Waals surface area contributed by atoms with Gasteiger partial charge in [-0.05, 0) is 39.2 Å². The number of aliphatic hydroxyl groups excluding tert-OH is 4. The van der Waals surface area contributed by atoms with Crippen LogP contribution >= 0.6 is 0 Å². The molecule has 0 radical (unpaired) electrons. The van der Waals surface area contributed by atoms with Crippen molar-refractivity contribution >= 4 is 12.1 Å². The van der Waals surface area contributed by atoms with Gasteiger partial charge in [0.25, 0.3) is 0 Å². The number of aliphatic hydroxyl groups is 4. The Bertz CT molecular complexity index is 1150. The largest absolute Gasteiger partial charge is 0.462 e. The van der Waals surface area contributed by atoms with Crippen molar-refractivity contribution < 1.29 is 44.2 Å². The van der Waals surface area contributed by atoms with Crippen LogP contribution in [0, 0.1) is 41.4 Å². The van der Waals surface area contributed by atoms with Crippen LogP contribution in [0.25, 0.3) is 0 Å². The summed E-state index contributed by atoms with van der Waals surface area (Å²) in [6.07, 6.45) is 7.52. The van der Waals surface area contributed by atoms with Gasteiger partial charge in [0, 0.05) is 55.6 Å². The normalized spacial score (nSPS) is 27.5. The SMILES string of the molecule is C=C/C=C\[C@H](C)[C@H](OC(=O)NCCCN1CCOCC1)[C@@H](C)[C@H](O)[C@@H](C)C/C(C)=C\[C@H](C)[C@@H](O)[C@@H](C)/C=C\[C@@H](O)C[C@@H]1OC(=O)[C@H](C)[C@@H](O)[C@H]1C. The lowest BCUT2D eigenvalue weighted by atomic mass is 9.81. The minimum Gasteiger partial charge on any atom is -0.462 e. The summed E-state index contributed by atoms with van der Waals surface area (Å²) in [7, 11) is 0. The molecule has 0 aromatic carbocycles. The average molecular weight is 721 g/mol. The molecule has 2 heterocycles. The van der Waals surface area contributed by atoms with E-state index in [4.69, 9.17) is 14.2 Å². The maximum Gasteiger partial charge on any atom is 0.407 e. The van der Waals surface area contributed by atoms with E-state index in [0.717, 1.165) is 44.8 Å². The number of nitrogens with one attached hydrogen (secondary N) is 1. The molecule has 0 aliphatic carbocycles. The maximum absolute atomic E-state index is 12.8. The Morgan fingerprint density at radius 3 is 2.33 bits per heavy atom. The lowest BCUT2D eigenvalue weighted by Gasteiger charge is -2.36. The molecule has 2 rings (SSSR count). The number of cyclic esters (lactones) is 1. The second-order valence-electron chi connectivity index (χ2n) is 15.1. The van der Waals surface area contributed by atoms with E-state index in [0.29, 0.717) is 13.0 Å². The lowest BCUT2D eigenvalue weighted by molar-refractivity contribution is -0.179. The quantitative estimate of drug-likeness (QED) is 0.0519. The van der Waals surface area contributed by atoms with E-state index in [1.54, 1.807) is 32.1 Å². The molecule has 0 spiro atoms. The number of alkyl carbamates (subject to hydrolysis) is 1. The van der Waals surface area contributed by atoms with Gasteiger partial charge in [-0.2, -0.15) is 0 Å². The van der Waals surface area contributed by atoms with E-state index >= 15 is 0 Å². The van der Waals surface area contributed by atoms with Crippen LogP contribution in [0.2, 0.25) is 0 Å². The highest BCUT2D eigenvalue weighted by Crippen LogP contribution is 2.31. The van der Waals surface area contributed by atoms with Crippen LogP contribution < -0.4 is 5.32 Å². The Morgan fingerprint density at radius 2 is 1.69 bits per heavy atom. The van der Waals surface area contributed by atoms with Crippen LogP contribution in [0.4, 0.5) is 4.79 Å². The highest BCUT2D eigenvalue weighted by atomic mass is 16.6. The highest BCUT2D eigenvalue weighted by molar-refractivity contribution is 5.73. The highest BCUT2D eigenvalue weighted by Gasteiger charge is 2.41. The lowest BCUT2D eigenvalue weighted by Crippen LogP contribution is -2.47. The first-order chi connectivity index (χ1) is 24.1. The summed E-state index contributed by atoms with van der Waals surface area (Å²) in [5.41, 5.74) is 1.02. The Morgan fingerprint density at radius 1 is 1.02 bits per heavy atom. The van der Waals surface area contributed by atoms with Gasteiger partial charge >= 0.3 is 12.1 Å². The summed E-state index contributed by atoms with van der Waals surface area (Å²) in [5.74, 6) is -2.49. The summed E-state index contributed by atoms with van der Waals surface area (Å²) in [6, 6.07) is 0. The van der Waals surface area contributed by atoms with Gasteiger partial charge in [-0.3, -0.25) is 9.69 Å². The van der Waals surface area contributed by atoms with E-state index in [1.165, 1.54) is 0 Å². The fourth-order valence-electron chi connectivity index (χ4n) is 7.15. The molecular formula is C40H68N2O9. The van der Waals surface area contributed by atoms with Gasteiger partial charge in [-0.15, -0.1) is 0 Å². The van der Waals surface area contributed by atoms with Crippen LogP contribution in [0.15, 0.2) is 48.6 Å². The van der Waals surface area contributed by atoms with E-state index in [9.17, 15) is 30.0 Å². The van der Waals surface area contributed by atoms with Crippen LogP contribution in [0.3, 0.4) is 0 Å². The molecule has 11 nitrogen and oxygen atoms in total. The minimum absolute atomic E-state index is 0.149. The standard InChI is InChI=1S/C40H68N2O9/c1-10-11-13-27(4)38(51-40(48)41-16-12-17-42-18-20-49-21-19-42)31(8)36(45)29(6)23-25(2)22-28(5)35(44)26(3)14-15-33(43)24-34-30(7)37(46)32(9)39(47)50-34/h10-11,13-15,22,26-38,43-46H,1,12,16-21,23-24H2,2-9H3,(H,41,48)/b13-11-,15-14-,25-22-/t26-,27-,28-,29-,30-,31-,32+,33+,34-,35-,36+,37-,38-/m0/s1. The number of nitrogens with zero attached hydrogens (tertiary/aromatic N) is 1. The van der Waals surface area contributed by atoms with Crippen molar-refractivity contribution in [1.29, 1.82) is 0 Å². The number of amides is 1. The number of esters is 1. The predicted octanol–water partition coefficient (Wildman–Crippen LogP) is 4.65. The molecular weight excluding hydrogens is 652 g/mol. The van der Waals surface area contributed by atoms with Crippen molar-refractivity contribution in [3.05, 3.63) is 48.6 Å². The first-order valence-corrected chi connectivity index (χ1v) is 18.9. The third kappa shape index (κ3) is 14.8. The minimum atomic E-state index is -0.897. The van der Waals surface area contributed by atoms with E-state index in [2.05, 4.69) is 16.8 Å². The topological polar surface area (TPSA) is 158 Å². The number of rotatable bonds is 20. The van der Waals surface area contributed by atoms with Crippen molar-refractivity contribution in [1.82, 2.24) is 10.2 Å². The van der Waals surface area contributed by atoms with Crippen molar-refractivity contribution in [3.63, 3.8) is 0 Å². The molecule has 5 N–H and O–H groups in total. The van der Waals surface area contributed by atoms with Gasteiger partial charge < -0.3 is 40.0 Å². The molecule has 2 aliphatic heterocycles. The third-order valence-electron chi connectivity index (χ3n) is 10.6. The molecule has 2 fully saturated rings. The third-order valence-corrected chi connectivity index (χ3v) is 10.6. The van der Waals surface area contributed by atoms with Crippen LogP contribution in [-0.2, 0) is 19.0 Å². The number of morpholine rings is 1. The Balaban J connectivity index is 1.93. The van der Waals surface area contributed by atoms with Gasteiger partial charge in [0.05, 0.1) is 43.5 Å². The predicted molar refractivity (Wildman–Crippen MR) is 200 cm³/mol. The second kappa shape index (κ2) is 22.5. The molecule has 292 valence electrons. The van der Waals surface area contributed by atoms with Crippen LogP contribution in [0.5, 0.6) is 0 Å². The zero-order valence-electron chi connectivity index (χ0n) is 32.3. The Labute approximate surface area is 306 Å². The molecule has 0 unspecified atom stereocenters. The molecule has 0 saturated carbocycles. The number of hydrogen-bond acceptors (Lipinski definition) is 10.